The Morgan fingerprint density at radius 2 is 1.13 bits per heavy atom. The molecule has 0 heterocycles. The van der Waals surface area contributed by atoms with Crippen molar-refractivity contribution in [3.05, 3.63) is 47.5 Å². The zero-order valence-electron chi connectivity index (χ0n) is 20.9. The van der Waals surface area contributed by atoms with Crippen LogP contribution in [-0.4, -0.2) is 53.3 Å². The molecule has 198 valence electrons. The maximum absolute atomic E-state index is 12.1. The summed E-state index contributed by atoms with van der Waals surface area (Å²) >= 11 is 0. The fourth-order valence-electron chi connectivity index (χ4n) is 2.99. The molecule has 12 nitrogen and oxygen atoms in total. The molecule has 1 fully saturated rings. The smallest absolute Gasteiger partial charge is 0.744 e. The van der Waals surface area contributed by atoms with Crippen molar-refractivity contribution in [2.24, 2.45) is 0 Å². The summed E-state index contributed by atoms with van der Waals surface area (Å²) in [6.45, 7) is 2.79. The SMILES string of the molecule is CC(C)S(=O)(=O)Nc1ccc(C=Cc2ccc(NS(=O)(=O)C3CC3)cc2S(=O)(=O)[O-])c(S(=O)(=O)[O-])c1.[Na+].[Na+]. The van der Waals surface area contributed by atoms with Crippen LogP contribution in [0.5, 0.6) is 0 Å². The first-order valence-electron chi connectivity index (χ1n) is 10.3. The van der Waals surface area contributed by atoms with E-state index < -0.39 is 60.6 Å². The minimum Gasteiger partial charge on any atom is -0.744 e. The molecular formula is C20H22N2Na2O10S4. The van der Waals surface area contributed by atoms with Crippen molar-refractivity contribution in [3.63, 3.8) is 0 Å². The Morgan fingerprint density at radius 3 is 1.47 bits per heavy atom. The second-order valence-corrected chi connectivity index (χ2v) is 15.2. The van der Waals surface area contributed by atoms with Crippen LogP contribution < -0.4 is 68.6 Å². The Labute approximate surface area is 266 Å². The van der Waals surface area contributed by atoms with Crippen LogP contribution in [0.4, 0.5) is 11.4 Å². The molecule has 0 aliphatic heterocycles. The van der Waals surface area contributed by atoms with Crippen LogP contribution in [0.3, 0.4) is 0 Å². The predicted octanol–water partition coefficient (Wildman–Crippen LogP) is -4.27. The van der Waals surface area contributed by atoms with Gasteiger partial charge in [0.05, 0.1) is 20.3 Å². The Balaban J connectivity index is 0.00000361. The van der Waals surface area contributed by atoms with E-state index in [4.69, 9.17) is 0 Å². The third-order valence-corrected chi connectivity index (χ3v) is 10.5. The second-order valence-electron chi connectivity index (χ2n) is 8.29. The molecule has 38 heavy (non-hydrogen) atoms. The first kappa shape index (κ1) is 35.5. The number of anilines is 2. The Kier molecular flexibility index (Phi) is 12.1. The first-order chi connectivity index (χ1) is 16.4. The fraction of sp³-hybridized carbons (Fsp3) is 0.300. The van der Waals surface area contributed by atoms with Crippen LogP contribution in [0.2, 0.25) is 0 Å². The van der Waals surface area contributed by atoms with Gasteiger partial charge in [0.15, 0.2) is 0 Å². The average molecular weight is 625 g/mol. The standard InChI is InChI=1S/C20H24N2O10S4.2Na/c1-13(2)33(23,24)21-16-7-5-14(19(11-16)35(27,28)29)3-4-15-6-8-17(12-20(15)36(30,31)32)22-34(25,26)18-9-10-18;;/h3-8,11-13,18,21-22H,9-10H2,1-2H3,(H,27,28,29)(H,30,31,32);;/q;2*+1/p-2. The Hall–Kier alpha value is -0.500. The summed E-state index contributed by atoms with van der Waals surface area (Å²) in [6, 6.07) is 6.37. The molecule has 2 aromatic rings. The third-order valence-electron chi connectivity index (χ3n) is 5.11. The fourth-order valence-corrected chi connectivity index (χ4v) is 6.45. The van der Waals surface area contributed by atoms with Crippen LogP contribution in [0.15, 0.2) is 46.2 Å². The van der Waals surface area contributed by atoms with E-state index in [1.165, 1.54) is 26.0 Å². The molecule has 0 atom stereocenters. The Bertz CT molecular complexity index is 1540. The third kappa shape index (κ3) is 9.27. The minimum absolute atomic E-state index is 0. The van der Waals surface area contributed by atoms with E-state index in [-0.39, 0.29) is 81.6 Å². The largest absolute Gasteiger partial charge is 1.00 e. The van der Waals surface area contributed by atoms with Gasteiger partial charge in [-0.15, -0.1) is 0 Å². The molecule has 1 aliphatic rings. The monoisotopic (exact) mass is 624 g/mol. The average Bonchev–Trinajstić information content (AvgIpc) is 3.57. The molecule has 1 aliphatic carbocycles. The van der Waals surface area contributed by atoms with Crippen LogP contribution >= 0.6 is 0 Å². The van der Waals surface area contributed by atoms with Gasteiger partial charge in [-0.2, -0.15) is 0 Å². The summed E-state index contributed by atoms with van der Waals surface area (Å²) in [4.78, 5) is -1.56. The molecule has 0 spiro atoms. The van der Waals surface area contributed by atoms with Crippen LogP contribution in [0.1, 0.15) is 37.8 Å². The molecule has 1 saturated carbocycles. The van der Waals surface area contributed by atoms with Gasteiger partial charge in [0.1, 0.15) is 20.2 Å². The molecule has 2 N–H and O–H groups in total. The zero-order valence-corrected chi connectivity index (χ0v) is 28.2. The number of hydrogen-bond acceptors (Lipinski definition) is 10. The van der Waals surface area contributed by atoms with E-state index in [2.05, 4.69) is 9.44 Å². The van der Waals surface area contributed by atoms with Gasteiger partial charge in [0.2, 0.25) is 20.0 Å². The number of sulfonamides is 2. The number of nitrogens with one attached hydrogen (secondary N) is 2. The molecule has 0 bridgehead atoms. The topological polar surface area (TPSA) is 207 Å². The van der Waals surface area contributed by atoms with Gasteiger partial charge in [-0.1, -0.05) is 24.3 Å². The predicted molar refractivity (Wildman–Crippen MR) is 131 cm³/mol. The van der Waals surface area contributed by atoms with Crippen LogP contribution in [-0.2, 0) is 40.3 Å². The van der Waals surface area contributed by atoms with Gasteiger partial charge in [-0.05, 0) is 62.1 Å². The van der Waals surface area contributed by atoms with E-state index in [9.17, 15) is 42.8 Å². The summed E-state index contributed by atoms with van der Waals surface area (Å²) in [5.74, 6) is 0. The summed E-state index contributed by atoms with van der Waals surface area (Å²) in [6.07, 6.45) is 3.05. The van der Waals surface area contributed by atoms with Crippen molar-refractivity contribution >= 4 is 63.8 Å². The van der Waals surface area contributed by atoms with Crippen molar-refractivity contribution in [1.82, 2.24) is 0 Å². The molecule has 0 aromatic heterocycles. The summed E-state index contributed by atoms with van der Waals surface area (Å²) in [5, 5.41) is -1.43. The van der Waals surface area contributed by atoms with Gasteiger partial charge < -0.3 is 9.11 Å². The molecule has 18 heteroatoms. The van der Waals surface area contributed by atoms with E-state index in [1.54, 1.807) is 0 Å². The first-order valence-corrected chi connectivity index (χ1v) is 16.2. The molecule has 3 rings (SSSR count). The molecule has 0 amide bonds. The number of hydrogen-bond donors (Lipinski definition) is 2. The molecule has 0 radical (unpaired) electrons. The minimum atomic E-state index is -5.10. The summed E-state index contributed by atoms with van der Waals surface area (Å²) in [7, 11) is -17.8. The summed E-state index contributed by atoms with van der Waals surface area (Å²) in [5.41, 5.74) is -0.716. The van der Waals surface area contributed by atoms with E-state index >= 15 is 0 Å². The summed E-state index contributed by atoms with van der Waals surface area (Å²) < 4.78 is 124. The van der Waals surface area contributed by atoms with Gasteiger partial charge >= 0.3 is 59.1 Å². The van der Waals surface area contributed by atoms with Crippen molar-refractivity contribution in [1.29, 1.82) is 0 Å². The molecule has 2 aromatic carbocycles. The van der Waals surface area contributed by atoms with Crippen LogP contribution in [0.25, 0.3) is 12.2 Å². The van der Waals surface area contributed by atoms with Gasteiger partial charge in [-0.25, -0.2) is 33.7 Å². The second kappa shape index (κ2) is 13.0. The Morgan fingerprint density at radius 1 is 0.737 bits per heavy atom. The maximum Gasteiger partial charge on any atom is 1.00 e. The number of rotatable bonds is 10. The molecule has 0 saturated heterocycles. The van der Waals surface area contributed by atoms with Crippen molar-refractivity contribution in [2.45, 2.75) is 47.0 Å². The van der Waals surface area contributed by atoms with Crippen LogP contribution in [0, 0.1) is 0 Å². The maximum atomic E-state index is 12.1. The van der Waals surface area contributed by atoms with Crippen molar-refractivity contribution < 1.29 is 102 Å². The quantitative estimate of drug-likeness (QED) is 0.148. The van der Waals surface area contributed by atoms with Crippen molar-refractivity contribution in [2.75, 3.05) is 9.44 Å². The molecular weight excluding hydrogens is 602 g/mol. The normalized spacial score (nSPS) is 14.6. The van der Waals surface area contributed by atoms with E-state index in [0.29, 0.717) is 12.8 Å². The van der Waals surface area contributed by atoms with E-state index in [1.807, 2.05) is 0 Å². The zero-order chi connectivity index (χ0) is 27.1. The molecule has 0 unspecified atom stereocenters. The van der Waals surface area contributed by atoms with E-state index in [0.717, 1.165) is 36.4 Å². The number of benzene rings is 2. The van der Waals surface area contributed by atoms with Gasteiger partial charge in [-0.3, -0.25) is 9.44 Å². The van der Waals surface area contributed by atoms with Crippen molar-refractivity contribution in [3.8, 4) is 0 Å². The van der Waals surface area contributed by atoms with Gasteiger partial charge in [0.25, 0.3) is 0 Å². The van der Waals surface area contributed by atoms with Gasteiger partial charge in [0, 0.05) is 11.4 Å².